The highest BCUT2D eigenvalue weighted by Gasteiger charge is 2.52. The molecule has 11 nitrogen and oxygen atoms in total. The molecule has 1 saturated heterocycles. The molecule has 3 aromatic heterocycles. The largest absolute Gasteiger partial charge is 0.494 e. The Labute approximate surface area is 796 Å². The summed E-state index contributed by atoms with van der Waals surface area (Å²) in [5.74, 6) is 0. The van der Waals surface area contributed by atoms with Gasteiger partial charge >= 0.3 is 7.12 Å². The summed E-state index contributed by atoms with van der Waals surface area (Å²) in [6.45, 7) is 8.30. The molecule has 3 aliphatic rings. The molecule has 1 fully saturated rings. The smallest absolute Gasteiger partial charge is 0.456 e. The Kier molecular flexibility index (Phi) is 22.5. The second-order valence-electron chi connectivity index (χ2n) is 35.4. The monoisotopic (exact) mass is 1900 g/mol. The maximum Gasteiger partial charge on any atom is 0.494 e. The SMILES string of the molecule is Brc1ccc2oc3cc4ccccc4cc3c2c1.CC1(C)OB(c2ccc3oc4cc5ccccc5cc4c3c2)OC1(C)C.O=[N+]([O-])c1c(-c2ccc3c(c2)-c2cc4ccccc4cc2C3)ccc2ccccc12.O=[N+]([O-])c1c(Br)ccc2ccccc12.c1ccc(P(c2ccccc2)c2ccccc2)cc1.c1ccc2cc3c(cc2c1)oc1ccc2c(c13)Cc1c-2ccc2ccccc12. The molecule has 135 heavy (non-hydrogen) atoms. The number of hydrogen-bond donors (Lipinski definition) is 0. The zero-order valence-electron chi connectivity index (χ0n) is 74.0. The third kappa shape index (κ3) is 16.3. The Balaban J connectivity index is 0.0000000957. The van der Waals surface area contributed by atoms with E-state index in [0.29, 0.717) is 20.8 Å². The Hall–Kier alpha value is -15.0. The van der Waals surface area contributed by atoms with Gasteiger partial charge in [0.1, 0.15) is 33.5 Å². The van der Waals surface area contributed by atoms with Gasteiger partial charge < -0.3 is 22.6 Å². The van der Waals surface area contributed by atoms with E-state index in [2.05, 4.69) is 357 Å². The van der Waals surface area contributed by atoms with Crippen molar-refractivity contribution < 1.29 is 32.4 Å². The third-order valence-corrected chi connectivity index (χ3v) is 30.3. The van der Waals surface area contributed by atoms with Crippen LogP contribution >= 0.6 is 39.8 Å². The van der Waals surface area contributed by atoms with E-state index < -0.39 is 7.92 Å². The summed E-state index contributed by atoms with van der Waals surface area (Å²) in [5.41, 5.74) is 18.4. The van der Waals surface area contributed by atoms with E-state index in [1.165, 1.54) is 130 Å². The van der Waals surface area contributed by atoms with Crippen LogP contribution < -0.4 is 21.4 Å². The van der Waals surface area contributed by atoms with Crippen LogP contribution in [0.2, 0.25) is 0 Å². The van der Waals surface area contributed by atoms with Crippen molar-refractivity contribution in [2.45, 2.75) is 51.7 Å². The number of rotatable bonds is 7. The highest BCUT2D eigenvalue weighted by molar-refractivity contribution is 9.10. The van der Waals surface area contributed by atoms with Crippen molar-refractivity contribution in [3.05, 3.63) is 464 Å². The highest BCUT2D eigenvalue weighted by Crippen LogP contribution is 2.49. The predicted octanol–water partition coefficient (Wildman–Crippen LogP) is 32.1. The van der Waals surface area contributed by atoms with Crippen molar-refractivity contribution in [1.82, 2.24) is 0 Å². The summed E-state index contributed by atoms with van der Waals surface area (Å²) < 4.78 is 32.2. The Morgan fingerprint density at radius 3 is 1.21 bits per heavy atom. The van der Waals surface area contributed by atoms with Crippen LogP contribution in [0.25, 0.3) is 175 Å². The summed E-state index contributed by atoms with van der Waals surface area (Å²) in [5, 5.41) is 49.6. The van der Waals surface area contributed by atoms with E-state index in [1.807, 2.05) is 97.1 Å². The fourth-order valence-electron chi connectivity index (χ4n) is 19.4. The van der Waals surface area contributed by atoms with Gasteiger partial charge in [-0.2, -0.15) is 0 Å². The quantitative estimate of drug-likeness (QED) is 0.0659. The zero-order valence-corrected chi connectivity index (χ0v) is 78.1. The fourth-order valence-corrected chi connectivity index (χ4v) is 22.5. The van der Waals surface area contributed by atoms with Crippen LogP contribution in [-0.2, 0) is 22.2 Å². The second-order valence-corrected chi connectivity index (χ2v) is 39.4. The number of nitro groups is 2. The number of nitro benzene ring substituents is 2. The number of benzene rings is 21. The first-order chi connectivity index (χ1) is 65.8. The molecule has 21 aromatic carbocycles. The molecular formula is C120H84BBr2N2O9P. The Morgan fingerprint density at radius 1 is 0.289 bits per heavy atom. The molecule has 1 aliphatic heterocycles. The minimum absolute atomic E-state index is 0.128. The topological polar surface area (TPSA) is 144 Å². The first-order valence-corrected chi connectivity index (χ1v) is 48.0. The van der Waals surface area contributed by atoms with E-state index in [0.717, 1.165) is 88.8 Å². The first-order valence-electron chi connectivity index (χ1n) is 45.0. The number of fused-ring (bicyclic) bond motifs is 24. The average molecular weight is 1900 g/mol. The molecule has 24 aromatic rings. The molecule has 0 spiro atoms. The Morgan fingerprint density at radius 2 is 0.674 bits per heavy atom. The van der Waals surface area contributed by atoms with Gasteiger partial charge in [0.15, 0.2) is 0 Å². The van der Waals surface area contributed by atoms with E-state index in [9.17, 15) is 20.2 Å². The van der Waals surface area contributed by atoms with Gasteiger partial charge in [-0.25, -0.2) is 0 Å². The zero-order chi connectivity index (χ0) is 91.7. The lowest BCUT2D eigenvalue weighted by atomic mass is 9.78. The molecule has 4 heterocycles. The molecule has 2 aliphatic carbocycles. The Bertz CT molecular complexity index is 8730. The summed E-state index contributed by atoms with van der Waals surface area (Å²) in [4.78, 5) is 22.2. The van der Waals surface area contributed by atoms with Crippen molar-refractivity contribution in [3.8, 4) is 33.4 Å². The number of nitrogens with zero attached hydrogens (tertiary/aromatic N) is 2. The van der Waals surface area contributed by atoms with Gasteiger partial charge in [-0.05, 0) is 297 Å². The molecule has 650 valence electrons. The standard InChI is InChI=1S/C27H17NO2.C27H16O.C22H21BO3.C18H15P.C16H9BrO.C10H6BrNO2/c29-28(30)27-23-8-4-3-5-17(23)11-12-24(27)21-10-9-20-14-22-13-18-6-1-2-7-19(18)15-26(22)25(20)16-21;1-2-7-18-14-26-24(13-17(18)6-1)27-23-15-22-19-8-4-3-5-16(19)9-10-20(22)21(23)11-12-25(27)28-26;1-21(2)22(3,4)26-23(25-21)16-9-10-19-18(13-16)17-11-14-7-5-6-8-15(14)12-20(17)24-19;1-4-10-16(11-5-1)19(17-12-6-2-7-13-17)18-14-8-3-9-15-18;17-12-5-6-15-14(9-12)13-7-10-3-1-2-4-11(10)8-16(13)18-15;11-9-6-5-7-3-1-2-4-8(7)10(9)12(13)14/h1-13,15-16H,14H2;1-14H,15H2;5-13H,1-4H3;1-15H;1-9H;1-6H. The lowest BCUT2D eigenvalue weighted by Gasteiger charge is -2.32. The van der Waals surface area contributed by atoms with E-state index in [4.69, 9.17) is 22.6 Å². The van der Waals surface area contributed by atoms with Gasteiger partial charge in [0.05, 0.1) is 41.9 Å². The van der Waals surface area contributed by atoms with Crippen LogP contribution in [0.3, 0.4) is 0 Å². The van der Waals surface area contributed by atoms with Crippen molar-refractivity contribution >= 4 is 221 Å². The molecule has 27 rings (SSSR count). The molecule has 0 radical (unpaired) electrons. The number of hydrogen-bond acceptors (Lipinski definition) is 9. The van der Waals surface area contributed by atoms with Crippen molar-refractivity contribution in [2.75, 3.05) is 0 Å². The lowest BCUT2D eigenvalue weighted by Crippen LogP contribution is -2.41. The summed E-state index contributed by atoms with van der Waals surface area (Å²) in [6, 6.07) is 142. The molecular weight excluding hydrogens is 1810 g/mol. The van der Waals surface area contributed by atoms with E-state index in [1.54, 1.807) is 18.2 Å². The molecule has 0 saturated carbocycles. The van der Waals surface area contributed by atoms with Gasteiger partial charge in [0.2, 0.25) is 0 Å². The average Bonchev–Trinajstić information content (AvgIpc) is 1.56. The van der Waals surface area contributed by atoms with Crippen LogP contribution in [-0.4, -0.2) is 28.2 Å². The molecule has 0 amide bonds. The lowest BCUT2D eigenvalue weighted by molar-refractivity contribution is -0.383. The van der Waals surface area contributed by atoms with E-state index >= 15 is 0 Å². The summed E-state index contributed by atoms with van der Waals surface area (Å²) >= 11 is 6.69. The molecule has 15 heteroatoms. The van der Waals surface area contributed by atoms with Crippen LogP contribution in [0.4, 0.5) is 11.4 Å². The maximum absolute atomic E-state index is 12.0. The van der Waals surface area contributed by atoms with Crippen LogP contribution in [0.5, 0.6) is 0 Å². The summed E-state index contributed by atoms with van der Waals surface area (Å²) in [7, 11) is -0.812. The summed E-state index contributed by atoms with van der Waals surface area (Å²) in [6.07, 6.45) is 1.86. The van der Waals surface area contributed by atoms with Crippen molar-refractivity contribution in [1.29, 1.82) is 0 Å². The van der Waals surface area contributed by atoms with Crippen molar-refractivity contribution in [3.63, 3.8) is 0 Å². The van der Waals surface area contributed by atoms with Gasteiger partial charge in [-0.15, -0.1) is 0 Å². The number of furan rings is 3. The van der Waals surface area contributed by atoms with Crippen LogP contribution in [0, 0.1) is 20.2 Å². The van der Waals surface area contributed by atoms with E-state index in [-0.39, 0.29) is 39.5 Å². The first kappa shape index (κ1) is 85.5. The molecule has 0 bridgehead atoms. The van der Waals surface area contributed by atoms with Gasteiger partial charge in [0.25, 0.3) is 11.4 Å². The minimum Gasteiger partial charge on any atom is -0.456 e. The highest BCUT2D eigenvalue weighted by atomic mass is 79.9. The normalized spacial score (nSPS) is 13.1. The predicted molar refractivity (Wildman–Crippen MR) is 568 cm³/mol. The van der Waals surface area contributed by atoms with Crippen LogP contribution in [0.15, 0.2) is 435 Å². The van der Waals surface area contributed by atoms with Crippen LogP contribution in [0.1, 0.15) is 49.9 Å². The molecule has 0 unspecified atom stereocenters. The van der Waals surface area contributed by atoms with Crippen molar-refractivity contribution in [2.24, 2.45) is 0 Å². The van der Waals surface area contributed by atoms with Gasteiger partial charge in [-0.1, -0.05) is 325 Å². The van der Waals surface area contributed by atoms with Gasteiger partial charge in [0, 0.05) is 43.2 Å². The second kappa shape index (κ2) is 35.5. The fraction of sp³-hybridized carbons (Fsp3) is 0.0667. The molecule has 0 atom stereocenters. The minimum atomic E-state index is -0.446. The third-order valence-electron chi connectivity index (χ3n) is 26.7. The maximum atomic E-state index is 12.0. The van der Waals surface area contributed by atoms with Gasteiger partial charge in [-0.3, -0.25) is 20.2 Å². The number of halogens is 2. The molecule has 0 N–H and O–H groups in total.